The quantitative estimate of drug-likeness (QED) is 0.0914. The first kappa shape index (κ1) is 57.2. The van der Waals surface area contributed by atoms with Gasteiger partial charge in [0.15, 0.2) is 5.82 Å². The van der Waals surface area contributed by atoms with Gasteiger partial charge in [0.2, 0.25) is 16.5 Å². The maximum Gasteiger partial charge on any atom is 0.224 e. The fourth-order valence-electron chi connectivity index (χ4n) is 9.77. The maximum atomic E-state index is 9.26. The summed E-state index contributed by atoms with van der Waals surface area (Å²) >= 11 is 14.5. The normalized spacial score (nSPS) is 26.2. The molecule has 0 radical (unpaired) electrons. The van der Waals surface area contributed by atoms with Crippen LogP contribution in [0.2, 0.25) is 10.6 Å². The Morgan fingerprint density at radius 3 is 1.36 bits per heavy atom. The van der Waals surface area contributed by atoms with Crippen LogP contribution in [0, 0.1) is 0 Å². The lowest BCUT2D eigenvalue weighted by molar-refractivity contribution is -0.0451. The predicted molar refractivity (Wildman–Crippen MR) is 285 cm³/mol. The lowest BCUT2D eigenvalue weighted by Crippen LogP contribution is -2.44. The van der Waals surface area contributed by atoms with Gasteiger partial charge >= 0.3 is 0 Å². The molecule has 6 aliphatic rings. The van der Waals surface area contributed by atoms with Gasteiger partial charge in [-0.2, -0.15) is 0 Å². The van der Waals surface area contributed by atoms with Crippen LogP contribution in [0.5, 0.6) is 0 Å². The van der Waals surface area contributed by atoms with Gasteiger partial charge in [0, 0.05) is 102 Å². The number of aliphatic hydroxyl groups is 1. The number of aromatic nitrogens is 8. The van der Waals surface area contributed by atoms with Crippen LogP contribution >= 0.6 is 45.8 Å². The van der Waals surface area contributed by atoms with Crippen LogP contribution in [-0.2, 0) is 74.5 Å². The number of anilines is 4. The van der Waals surface area contributed by atoms with Gasteiger partial charge in [0.05, 0.1) is 100 Å². The van der Waals surface area contributed by atoms with E-state index in [-0.39, 0.29) is 41.2 Å². The summed E-state index contributed by atoms with van der Waals surface area (Å²) < 4.78 is 45.2. The predicted octanol–water partition coefficient (Wildman–Crippen LogP) is 6.19. The number of hydrogen-bond donors (Lipinski definition) is 2. The summed E-state index contributed by atoms with van der Waals surface area (Å²) in [5.74, 6) is 3.41. The van der Waals surface area contributed by atoms with E-state index in [9.17, 15) is 5.11 Å². The van der Waals surface area contributed by atoms with Crippen LogP contribution in [0.3, 0.4) is 0 Å². The first-order valence-electron chi connectivity index (χ1n) is 24.7. The zero-order chi connectivity index (χ0) is 52.5. The number of nitrogen functional groups attached to an aromatic ring is 1. The standard InChI is InChI=1S/C19H26N6O3.C15H22ClN3O3.C14H20ClN3O3.CH3I/c1-12-10-27-7-5-25(12)17-14-11-28-19(2,4-6-26-3)15(14)23-16(24-17)13-8-21-18(20)22-9-13;1-10-8-21-7-5-19(10)13-11-9-22-15(2,4-6-20-3)12(11)17-14(16)18-13;1-9-7-20-6-4-18(9)12-10-8-21-14(2,3-5-19)11(10)16-13(15)17-12;1-2/h8-9,12H,4-7,10-11H2,1-3H3,(H2,20,21,22);10H,4-9H2,1-3H3;9,19H,3-8H2,1-2H3;1H3/t12-,19?;10-,15?;9-,14?;/m000./s1. The largest absolute Gasteiger partial charge is 0.396 e. The van der Waals surface area contributed by atoms with Crippen molar-refractivity contribution in [3.8, 4) is 11.4 Å². The summed E-state index contributed by atoms with van der Waals surface area (Å²) in [7, 11) is 3.38. The first-order valence-corrected chi connectivity index (χ1v) is 27.6. The number of halogens is 3. The Kier molecular flexibility index (Phi) is 20.0. The minimum atomic E-state index is -0.596. The summed E-state index contributed by atoms with van der Waals surface area (Å²) in [5, 5.41) is 9.75. The third-order valence-corrected chi connectivity index (χ3v) is 14.4. The van der Waals surface area contributed by atoms with E-state index in [2.05, 4.69) is 94.9 Å². The monoisotopic (exact) mass is 1170 g/mol. The van der Waals surface area contributed by atoms with E-state index in [0.717, 1.165) is 82.8 Å². The van der Waals surface area contributed by atoms with E-state index in [1.54, 1.807) is 26.6 Å². The van der Waals surface area contributed by atoms with Crippen LogP contribution in [0.25, 0.3) is 11.4 Å². The number of nitrogens with zero attached hydrogens (tertiary/aromatic N) is 11. The molecule has 0 aromatic carbocycles. The molecule has 0 amide bonds. The van der Waals surface area contributed by atoms with Crippen molar-refractivity contribution in [1.82, 2.24) is 39.9 Å². The topological polar surface area (TPSA) is 233 Å². The molecule has 3 N–H and O–H groups in total. The molecule has 73 heavy (non-hydrogen) atoms. The fraction of sp³-hybridized carbons (Fsp3) is 0.673. The molecular formula is C49H71Cl2IN12O9. The number of alkyl halides is 1. The number of hydrogen-bond acceptors (Lipinski definition) is 21. The molecule has 24 heteroatoms. The number of aliphatic hydroxyl groups excluding tert-OH is 1. The first-order chi connectivity index (χ1) is 35.1. The highest BCUT2D eigenvalue weighted by atomic mass is 127. The number of nitrogens with two attached hydrogens (primary N) is 1. The van der Waals surface area contributed by atoms with Gasteiger partial charge in [-0.1, -0.05) is 22.6 Å². The van der Waals surface area contributed by atoms with Gasteiger partial charge in [0.25, 0.3) is 0 Å². The second kappa shape index (κ2) is 25.5. The molecular weight excluding hydrogens is 1100 g/mol. The Balaban J connectivity index is 0.000000160. The van der Waals surface area contributed by atoms with Crippen molar-refractivity contribution < 1.29 is 43.0 Å². The minimum Gasteiger partial charge on any atom is -0.396 e. The SMILES string of the molecule is CI.COCCC1(C)OCc2c(N3CCOC[C@@H]3C)nc(-c3cnc(N)nc3)nc21.COCCC1(C)OCc2c(N3CCOC[C@@H]3C)nc(Cl)nc21.C[C@H]1COCCN1c1nc(Cl)nc2c1COC2(C)CCO. The third-order valence-electron chi connectivity index (χ3n) is 14.0. The second-order valence-electron chi connectivity index (χ2n) is 19.2. The zero-order valence-corrected chi connectivity index (χ0v) is 47.1. The van der Waals surface area contributed by atoms with E-state index in [1.807, 2.05) is 18.8 Å². The highest BCUT2D eigenvalue weighted by molar-refractivity contribution is 14.1. The molecule has 10 heterocycles. The maximum absolute atomic E-state index is 9.26. The van der Waals surface area contributed by atoms with Crippen molar-refractivity contribution in [2.24, 2.45) is 0 Å². The van der Waals surface area contributed by atoms with Crippen molar-refractivity contribution in [3.05, 3.63) is 56.7 Å². The molecule has 3 saturated heterocycles. The second-order valence-corrected chi connectivity index (χ2v) is 19.9. The molecule has 4 aromatic heterocycles. The molecule has 21 nitrogen and oxygen atoms in total. The highest BCUT2D eigenvalue weighted by Crippen LogP contribution is 2.45. The molecule has 6 aliphatic heterocycles. The Morgan fingerprint density at radius 2 is 0.986 bits per heavy atom. The molecule has 402 valence electrons. The van der Waals surface area contributed by atoms with Crippen molar-refractivity contribution in [2.75, 3.05) is 119 Å². The van der Waals surface area contributed by atoms with Gasteiger partial charge in [-0.25, -0.2) is 39.9 Å². The molecule has 6 atom stereocenters. The highest BCUT2D eigenvalue weighted by Gasteiger charge is 2.44. The van der Waals surface area contributed by atoms with Crippen LogP contribution in [0.15, 0.2) is 12.4 Å². The van der Waals surface area contributed by atoms with Crippen molar-refractivity contribution in [3.63, 3.8) is 0 Å². The molecule has 0 spiro atoms. The van der Waals surface area contributed by atoms with E-state index in [1.165, 1.54) is 0 Å². The average Bonchev–Trinajstić information content (AvgIpc) is 4.03. The Hall–Kier alpha value is -3.53. The van der Waals surface area contributed by atoms with Gasteiger partial charge in [-0.05, 0) is 69.7 Å². The summed E-state index contributed by atoms with van der Waals surface area (Å²) in [6.45, 7) is 21.5. The third kappa shape index (κ3) is 12.8. The van der Waals surface area contributed by atoms with E-state index in [0.29, 0.717) is 91.3 Å². The Labute approximate surface area is 452 Å². The van der Waals surface area contributed by atoms with Gasteiger partial charge < -0.3 is 63.4 Å². The lowest BCUT2D eigenvalue weighted by Gasteiger charge is -2.35. The molecule has 0 bridgehead atoms. The van der Waals surface area contributed by atoms with Crippen LogP contribution in [0.4, 0.5) is 23.4 Å². The van der Waals surface area contributed by atoms with Crippen molar-refractivity contribution in [1.29, 1.82) is 0 Å². The van der Waals surface area contributed by atoms with E-state index < -0.39 is 16.8 Å². The fourth-order valence-corrected chi connectivity index (χ4v) is 10.1. The summed E-state index contributed by atoms with van der Waals surface area (Å²) in [4.78, 5) is 44.4. The van der Waals surface area contributed by atoms with Crippen molar-refractivity contribution >= 4 is 69.2 Å². The molecule has 0 aliphatic carbocycles. The minimum absolute atomic E-state index is 0.0425. The number of ether oxygens (including phenoxy) is 8. The molecule has 4 aromatic rings. The smallest absolute Gasteiger partial charge is 0.224 e. The lowest BCUT2D eigenvalue weighted by atomic mass is 9.96. The summed E-state index contributed by atoms with van der Waals surface area (Å²) in [5.41, 5.74) is 10.4. The zero-order valence-electron chi connectivity index (χ0n) is 43.5. The number of rotatable bonds is 12. The summed E-state index contributed by atoms with van der Waals surface area (Å²) in [6, 6.07) is 0.710. The van der Waals surface area contributed by atoms with Crippen LogP contribution in [-0.4, -0.2) is 161 Å². The van der Waals surface area contributed by atoms with Crippen LogP contribution in [0.1, 0.15) is 94.6 Å². The number of fused-ring (bicyclic) bond motifs is 3. The van der Waals surface area contributed by atoms with Gasteiger partial charge in [0.1, 0.15) is 34.3 Å². The van der Waals surface area contributed by atoms with Gasteiger partial charge in [-0.15, -0.1) is 0 Å². The Bertz CT molecular complexity index is 2480. The van der Waals surface area contributed by atoms with Crippen LogP contribution < -0.4 is 20.4 Å². The number of morpholine rings is 3. The van der Waals surface area contributed by atoms with Crippen molar-refractivity contribution in [2.45, 2.75) is 116 Å². The molecule has 3 unspecified atom stereocenters. The van der Waals surface area contributed by atoms with E-state index >= 15 is 0 Å². The Morgan fingerprint density at radius 1 is 0.616 bits per heavy atom. The summed E-state index contributed by atoms with van der Waals surface area (Å²) in [6.07, 6.45) is 5.24. The van der Waals surface area contributed by atoms with Gasteiger partial charge in [-0.3, -0.25) is 0 Å². The molecule has 10 rings (SSSR count). The average molecular weight is 1170 g/mol. The molecule has 3 fully saturated rings. The number of methoxy groups -OCH3 is 2. The van der Waals surface area contributed by atoms with E-state index in [4.69, 9.17) is 76.8 Å². The molecule has 0 saturated carbocycles.